The molecule has 1 atom stereocenters. The third-order valence-electron chi connectivity index (χ3n) is 4.17. The molecular formula is C15H23NO3S2. The first-order chi connectivity index (χ1) is 9.80. The quantitative estimate of drug-likeness (QED) is 0.901. The van der Waals surface area contributed by atoms with E-state index in [-0.39, 0.29) is 5.60 Å². The molecule has 1 aliphatic rings. The van der Waals surface area contributed by atoms with Crippen LogP contribution in [0, 0.1) is 20.8 Å². The first-order valence-electron chi connectivity index (χ1n) is 7.00. The number of ether oxygens (including phenoxy) is 1. The molecule has 21 heavy (non-hydrogen) atoms. The Morgan fingerprint density at radius 2 is 1.90 bits per heavy atom. The Hall–Kier alpha value is -0.560. The van der Waals surface area contributed by atoms with E-state index < -0.39 is 10.0 Å². The molecule has 0 saturated carbocycles. The minimum absolute atomic E-state index is 0.325. The second kappa shape index (κ2) is 6.28. The van der Waals surface area contributed by atoms with Crippen LogP contribution in [0.15, 0.2) is 17.0 Å². The largest absolute Gasteiger partial charge is 0.376 e. The summed E-state index contributed by atoms with van der Waals surface area (Å²) < 4.78 is 33.4. The molecule has 0 amide bonds. The van der Waals surface area contributed by atoms with Crippen LogP contribution < -0.4 is 4.72 Å². The van der Waals surface area contributed by atoms with Crippen molar-refractivity contribution in [3.8, 4) is 0 Å². The molecule has 0 spiro atoms. The average Bonchev–Trinajstić information content (AvgIpc) is 2.90. The van der Waals surface area contributed by atoms with E-state index >= 15 is 0 Å². The van der Waals surface area contributed by atoms with E-state index in [1.54, 1.807) is 24.9 Å². The minimum Gasteiger partial charge on any atom is -0.376 e. The molecule has 1 aromatic rings. The predicted molar refractivity (Wildman–Crippen MR) is 87.5 cm³/mol. The van der Waals surface area contributed by atoms with Crippen LogP contribution in [0.4, 0.5) is 0 Å². The van der Waals surface area contributed by atoms with Crippen molar-refractivity contribution in [2.45, 2.75) is 37.7 Å². The highest BCUT2D eigenvalue weighted by Gasteiger charge is 2.35. The highest BCUT2D eigenvalue weighted by Crippen LogP contribution is 2.30. The van der Waals surface area contributed by atoms with Crippen LogP contribution in [0.2, 0.25) is 0 Å². The van der Waals surface area contributed by atoms with Gasteiger partial charge in [0.1, 0.15) is 0 Å². The van der Waals surface area contributed by atoms with Gasteiger partial charge in [0.15, 0.2) is 0 Å². The maximum Gasteiger partial charge on any atom is 0.240 e. The zero-order valence-corrected chi connectivity index (χ0v) is 14.7. The number of nitrogens with one attached hydrogen (secondary N) is 1. The molecule has 1 N–H and O–H groups in total. The number of hydrogen-bond donors (Lipinski definition) is 1. The molecule has 1 aromatic carbocycles. The van der Waals surface area contributed by atoms with E-state index in [1.807, 2.05) is 26.8 Å². The molecule has 118 valence electrons. The van der Waals surface area contributed by atoms with Crippen molar-refractivity contribution >= 4 is 21.8 Å². The molecule has 1 heterocycles. The van der Waals surface area contributed by atoms with Crippen molar-refractivity contribution in [2.75, 3.05) is 25.2 Å². The van der Waals surface area contributed by atoms with Gasteiger partial charge >= 0.3 is 0 Å². The van der Waals surface area contributed by atoms with Gasteiger partial charge in [-0.15, -0.1) is 0 Å². The van der Waals surface area contributed by atoms with Crippen LogP contribution in [0.1, 0.15) is 23.1 Å². The van der Waals surface area contributed by atoms with Crippen LogP contribution >= 0.6 is 11.8 Å². The fraction of sp³-hybridized carbons (Fsp3) is 0.600. The van der Waals surface area contributed by atoms with Gasteiger partial charge in [0.05, 0.1) is 10.5 Å². The van der Waals surface area contributed by atoms with Gasteiger partial charge < -0.3 is 4.74 Å². The number of benzene rings is 1. The third-order valence-corrected chi connectivity index (χ3v) is 6.93. The molecule has 0 aliphatic carbocycles. The SMILES string of the molecule is CO[C@]1(CNS(=O)(=O)c2cc(C)c(C)cc2C)CCSC1. The fourth-order valence-electron chi connectivity index (χ4n) is 2.49. The van der Waals surface area contributed by atoms with E-state index in [0.29, 0.717) is 11.4 Å². The summed E-state index contributed by atoms with van der Waals surface area (Å²) >= 11 is 1.80. The van der Waals surface area contributed by atoms with Gasteiger partial charge in [-0.05, 0) is 55.7 Å². The van der Waals surface area contributed by atoms with Crippen molar-refractivity contribution in [1.82, 2.24) is 4.72 Å². The van der Waals surface area contributed by atoms with Gasteiger partial charge in [0.2, 0.25) is 10.0 Å². The van der Waals surface area contributed by atoms with Crippen LogP contribution in [0.3, 0.4) is 0 Å². The van der Waals surface area contributed by atoms with Gasteiger partial charge in [0.25, 0.3) is 0 Å². The minimum atomic E-state index is -3.51. The normalized spacial score (nSPS) is 22.7. The summed E-state index contributed by atoms with van der Waals surface area (Å²) in [5.74, 6) is 1.84. The number of methoxy groups -OCH3 is 1. The number of hydrogen-bond acceptors (Lipinski definition) is 4. The molecule has 0 bridgehead atoms. The fourth-order valence-corrected chi connectivity index (χ4v) is 5.31. The molecule has 1 aliphatic heterocycles. The smallest absolute Gasteiger partial charge is 0.240 e. The molecule has 1 fully saturated rings. The van der Waals surface area contributed by atoms with Crippen molar-refractivity contribution in [3.63, 3.8) is 0 Å². The Morgan fingerprint density at radius 3 is 2.48 bits per heavy atom. The highest BCUT2D eigenvalue weighted by atomic mass is 32.2. The summed E-state index contributed by atoms with van der Waals surface area (Å²) in [6, 6.07) is 3.66. The molecule has 0 unspecified atom stereocenters. The van der Waals surface area contributed by atoms with Crippen molar-refractivity contribution < 1.29 is 13.2 Å². The average molecular weight is 329 g/mol. The van der Waals surface area contributed by atoms with Gasteiger partial charge in [-0.25, -0.2) is 13.1 Å². The second-order valence-electron chi connectivity index (χ2n) is 5.72. The van der Waals surface area contributed by atoms with Crippen LogP contribution in [-0.2, 0) is 14.8 Å². The van der Waals surface area contributed by atoms with Crippen molar-refractivity contribution in [1.29, 1.82) is 0 Å². The summed E-state index contributed by atoms with van der Waals surface area (Å²) in [5, 5.41) is 0. The zero-order valence-electron chi connectivity index (χ0n) is 13.0. The number of rotatable bonds is 5. The molecule has 4 nitrogen and oxygen atoms in total. The lowest BCUT2D eigenvalue weighted by Gasteiger charge is -2.27. The molecular weight excluding hydrogens is 306 g/mol. The Labute approximate surface area is 131 Å². The van der Waals surface area contributed by atoms with E-state index in [1.165, 1.54) is 0 Å². The summed E-state index contributed by atoms with van der Waals surface area (Å²) in [6.07, 6.45) is 0.878. The maximum atomic E-state index is 12.6. The molecule has 0 aromatic heterocycles. The van der Waals surface area contributed by atoms with Crippen LogP contribution in [-0.4, -0.2) is 39.2 Å². The van der Waals surface area contributed by atoms with Crippen LogP contribution in [0.5, 0.6) is 0 Å². The molecule has 0 radical (unpaired) electrons. The third kappa shape index (κ3) is 3.62. The van der Waals surface area contributed by atoms with E-state index in [9.17, 15) is 8.42 Å². The van der Waals surface area contributed by atoms with E-state index in [2.05, 4.69) is 4.72 Å². The first kappa shape index (κ1) is 16.8. The lowest BCUT2D eigenvalue weighted by Crippen LogP contribution is -2.44. The standard InChI is InChI=1S/C15H23NO3S2/c1-11-7-13(3)14(8-12(11)2)21(17,18)16-9-15(19-4)5-6-20-10-15/h7-8,16H,5-6,9-10H2,1-4H3/t15-/m0/s1. The number of thioether (sulfide) groups is 1. The predicted octanol–water partition coefficient (Wildman–Crippen LogP) is 2.41. The number of sulfonamides is 1. The summed E-state index contributed by atoms with van der Waals surface area (Å²) in [6.45, 7) is 6.07. The van der Waals surface area contributed by atoms with E-state index in [4.69, 9.17) is 4.74 Å². The van der Waals surface area contributed by atoms with E-state index in [0.717, 1.165) is 34.6 Å². The first-order valence-corrected chi connectivity index (χ1v) is 9.64. The maximum absolute atomic E-state index is 12.6. The zero-order chi connectivity index (χ0) is 15.7. The van der Waals surface area contributed by atoms with Gasteiger partial charge in [-0.2, -0.15) is 11.8 Å². The highest BCUT2D eigenvalue weighted by molar-refractivity contribution is 7.99. The van der Waals surface area contributed by atoms with Gasteiger partial charge in [-0.3, -0.25) is 0 Å². The summed E-state index contributed by atoms with van der Waals surface area (Å²) in [5.41, 5.74) is 2.49. The Kier molecular flexibility index (Phi) is 5.03. The monoisotopic (exact) mass is 329 g/mol. The Bertz CT molecular complexity index is 620. The summed E-state index contributed by atoms with van der Waals surface area (Å²) in [4.78, 5) is 0.363. The second-order valence-corrected chi connectivity index (χ2v) is 8.56. The van der Waals surface area contributed by atoms with Crippen molar-refractivity contribution in [3.05, 3.63) is 28.8 Å². The number of aryl methyl sites for hydroxylation is 3. The summed E-state index contributed by atoms with van der Waals surface area (Å²) in [7, 11) is -1.85. The van der Waals surface area contributed by atoms with Gasteiger partial charge in [0, 0.05) is 19.4 Å². The van der Waals surface area contributed by atoms with Gasteiger partial charge in [-0.1, -0.05) is 6.07 Å². The lowest BCUT2D eigenvalue weighted by atomic mass is 10.0. The van der Waals surface area contributed by atoms with Crippen LogP contribution in [0.25, 0.3) is 0 Å². The topological polar surface area (TPSA) is 55.4 Å². The Balaban J connectivity index is 2.21. The van der Waals surface area contributed by atoms with Crippen molar-refractivity contribution in [2.24, 2.45) is 0 Å². The Morgan fingerprint density at radius 1 is 1.24 bits per heavy atom. The molecule has 6 heteroatoms. The molecule has 1 saturated heterocycles. The molecule has 2 rings (SSSR count). The lowest BCUT2D eigenvalue weighted by molar-refractivity contribution is 0.0179.